The van der Waals surface area contributed by atoms with Crippen LogP contribution in [0.2, 0.25) is 0 Å². The number of hydrogen-bond acceptors (Lipinski definition) is 2. The van der Waals surface area contributed by atoms with Crippen molar-refractivity contribution in [1.82, 2.24) is 4.90 Å². The average Bonchev–Trinajstić information content (AvgIpc) is 2.58. The Morgan fingerprint density at radius 3 is 2.18 bits per heavy atom. The number of carbonyl (C=O) groups excluding carboxylic acids is 1. The standard InChI is InChI=1S/C15H25NO/c1-11(17)12-8-15(9-14(15)6-5-7-14)10-16(12)13(2,3)4/h12H,5-10H2,1-4H3/t12-,15+/m0/s1. The Bertz CT molecular complexity index is 364. The summed E-state index contributed by atoms with van der Waals surface area (Å²) in [4.78, 5) is 14.4. The van der Waals surface area contributed by atoms with Gasteiger partial charge in [0.2, 0.25) is 0 Å². The first-order valence-corrected chi connectivity index (χ1v) is 7.07. The Hall–Kier alpha value is -0.370. The van der Waals surface area contributed by atoms with Crippen molar-refractivity contribution in [3.8, 4) is 0 Å². The molecule has 96 valence electrons. The molecule has 0 aromatic rings. The van der Waals surface area contributed by atoms with Gasteiger partial charge in [-0.3, -0.25) is 9.69 Å². The number of hydrogen-bond donors (Lipinski definition) is 0. The molecule has 1 heterocycles. The molecule has 0 radical (unpaired) electrons. The zero-order chi connectivity index (χ0) is 12.5. The van der Waals surface area contributed by atoms with Crippen LogP contribution >= 0.6 is 0 Å². The van der Waals surface area contributed by atoms with Crippen molar-refractivity contribution in [2.75, 3.05) is 6.54 Å². The molecular formula is C15H25NO. The van der Waals surface area contributed by atoms with Gasteiger partial charge in [-0.2, -0.15) is 0 Å². The first-order chi connectivity index (χ1) is 7.80. The van der Waals surface area contributed by atoms with E-state index in [1.165, 1.54) is 32.2 Å². The monoisotopic (exact) mass is 235 g/mol. The van der Waals surface area contributed by atoms with Gasteiger partial charge in [0.05, 0.1) is 6.04 Å². The van der Waals surface area contributed by atoms with Crippen molar-refractivity contribution in [3.05, 3.63) is 0 Å². The molecule has 0 N–H and O–H groups in total. The van der Waals surface area contributed by atoms with Crippen LogP contribution in [0.1, 0.15) is 59.8 Å². The van der Waals surface area contributed by atoms with Gasteiger partial charge in [-0.1, -0.05) is 6.42 Å². The maximum Gasteiger partial charge on any atom is 0.146 e. The van der Waals surface area contributed by atoms with Crippen LogP contribution in [-0.4, -0.2) is 28.8 Å². The number of fused-ring (bicyclic) bond motifs is 1. The predicted octanol–water partition coefficient (Wildman–Crippen LogP) is 3.01. The Morgan fingerprint density at radius 2 is 1.88 bits per heavy atom. The molecule has 1 aliphatic heterocycles. The van der Waals surface area contributed by atoms with Crippen LogP contribution in [0.25, 0.3) is 0 Å². The van der Waals surface area contributed by atoms with E-state index in [0.717, 1.165) is 6.42 Å². The maximum absolute atomic E-state index is 11.9. The van der Waals surface area contributed by atoms with E-state index < -0.39 is 0 Å². The van der Waals surface area contributed by atoms with Crippen molar-refractivity contribution in [2.45, 2.75) is 71.4 Å². The summed E-state index contributed by atoms with van der Waals surface area (Å²) in [6.45, 7) is 9.69. The Labute approximate surface area is 105 Å². The van der Waals surface area contributed by atoms with E-state index in [1.807, 2.05) is 0 Å². The van der Waals surface area contributed by atoms with Gasteiger partial charge in [-0.05, 0) is 64.2 Å². The molecule has 3 rings (SSSR count). The number of ketones is 1. The summed E-state index contributed by atoms with van der Waals surface area (Å²) in [6, 6.07) is 0.190. The molecule has 2 heteroatoms. The van der Waals surface area contributed by atoms with Crippen LogP contribution in [0.5, 0.6) is 0 Å². The Balaban J connectivity index is 1.84. The SMILES string of the molecule is CC(=O)[C@@H]1C[C@]2(CN1C(C)(C)C)CC21CCC1. The highest BCUT2D eigenvalue weighted by Gasteiger charge is 2.72. The van der Waals surface area contributed by atoms with Gasteiger partial charge in [-0.15, -0.1) is 0 Å². The third-order valence-corrected chi connectivity index (χ3v) is 5.75. The maximum atomic E-state index is 11.9. The van der Waals surface area contributed by atoms with E-state index in [1.54, 1.807) is 6.92 Å². The first-order valence-electron chi connectivity index (χ1n) is 7.07. The van der Waals surface area contributed by atoms with Gasteiger partial charge in [0.1, 0.15) is 5.78 Å². The second-order valence-corrected chi connectivity index (χ2v) is 7.72. The number of likely N-dealkylation sites (tertiary alicyclic amines) is 1. The number of Topliss-reactive ketones (excluding diaryl/α,β-unsaturated/α-hetero) is 1. The normalized spacial score (nSPS) is 39.6. The molecule has 2 spiro atoms. The summed E-state index contributed by atoms with van der Waals surface area (Å²) in [7, 11) is 0. The number of carbonyl (C=O) groups is 1. The molecule has 2 nitrogen and oxygen atoms in total. The van der Waals surface area contributed by atoms with E-state index in [-0.39, 0.29) is 11.6 Å². The molecule has 0 bridgehead atoms. The summed E-state index contributed by atoms with van der Waals surface area (Å²) >= 11 is 0. The van der Waals surface area contributed by atoms with Gasteiger partial charge in [-0.25, -0.2) is 0 Å². The summed E-state index contributed by atoms with van der Waals surface area (Å²) in [6.07, 6.45) is 6.81. The highest BCUT2D eigenvalue weighted by atomic mass is 16.1. The van der Waals surface area contributed by atoms with E-state index in [0.29, 0.717) is 16.6 Å². The fourth-order valence-electron chi connectivity index (χ4n) is 4.48. The smallest absolute Gasteiger partial charge is 0.146 e. The van der Waals surface area contributed by atoms with E-state index in [4.69, 9.17) is 0 Å². The van der Waals surface area contributed by atoms with Crippen molar-refractivity contribution >= 4 is 5.78 Å². The summed E-state index contributed by atoms with van der Waals surface area (Å²) in [5.41, 5.74) is 1.32. The van der Waals surface area contributed by atoms with Gasteiger partial charge in [0.15, 0.2) is 0 Å². The third kappa shape index (κ3) is 1.46. The topological polar surface area (TPSA) is 20.3 Å². The molecule has 3 fully saturated rings. The Kier molecular flexibility index (Phi) is 2.16. The van der Waals surface area contributed by atoms with E-state index in [2.05, 4.69) is 25.7 Å². The van der Waals surface area contributed by atoms with Gasteiger partial charge in [0.25, 0.3) is 0 Å². The molecule has 3 aliphatic rings. The van der Waals surface area contributed by atoms with Gasteiger partial charge in [0, 0.05) is 12.1 Å². The van der Waals surface area contributed by atoms with E-state index in [9.17, 15) is 4.79 Å². The van der Waals surface area contributed by atoms with Crippen LogP contribution < -0.4 is 0 Å². The lowest BCUT2D eigenvalue weighted by molar-refractivity contribution is -0.122. The quantitative estimate of drug-likeness (QED) is 0.696. The molecule has 0 aromatic carbocycles. The lowest BCUT2D eigenvalue weighted by Crippen LogP contribution is -2.47. The minimum atomic E-state index is 0.132. The molecule has 0 unspecified atom stereocenters. The molecule has 2 atom stereocenters. The molecule has 0 amide bonds. The van der Waals surface area contributed by atoms with Crippen LogP contribution in [0.15, 0.2) is 0 Å². The third-order valence-electron chi connectivity index (χ3n) is 5.75. The largest absolute Gasteiger partial charge is 0.298 e. The highest BCUT2D eigenvalue weighted by molar-refractivity contribution is 5.82. The minimum Gasteiger partial charge on any atom is -0.298 e. The summed E-state index contributed by atoms with van der Waals surface area (Å²) in [5.74, 6) is 0.373. The fourth-order valence-corrected chi connectivity index (χ4v) is 4.48. The van der Waals surface area contributed by atoms with Crippen LogP contribution in [0, 0.1) is 10.8 Å². The number of nitrogens with zero attached hydrogens (tertiary/aromatic N) is 1. The average molecular weight is 235 g/mol. The lowest BCUT2D eigenvalue weighted by Gasteiger charge is -2.36. The Morgan fingerprint density at radius 1 is 1.24 bits per heavy atom. The van der Waals surface area contributed by atoms with Crippen LogP contribution in [0.4, 0.5) is 0 Å². The second kappa shape index (κ2) is 3.14. The van der Waals surface area contributed by atoms with E-state index >= 15 is 0 Å². The molecule has 0 aromatic heterocycles. The zero-order valence-electron chi connectivity index (χ0n) is 11.7. The summed E-state index contributed by atoms with van der Waals surface area (Å²) < 4.78 is 0. The minimum absolute atomic E-state index is 0.132. The predicted molar refractivity (Wildman–Crippen MR) is 68.9 cm³/mol. The van der Waals surface area contributed by atoms with Crippen molar-refractivity contribution in [3.63, 3.8) is 0 Å². The molecule has 2 saturated carbocycles. The fraction of sp³-hybridized carbons (Fsp3) is 0.933. The van der Waals surface area contributed by atoms with Gasteiger partial charge >= 0.3 is 0 Å². The molecular weight excluding hydrogens is 210 g/mol. The van der Waals surface area contributed by atoms with Crippen molar-refractivity contribution in [1.29, 1.82) is 0 Å². The molecule has 1 saturated heterocycles. The zero-order valence-corrected chi connectivity index (χ0v) is 11.7. The van der Waals surface area contributed by atoms with Crippen LogP contribution in [-0.2, 0) is 4.79 Å². The molecule has 2 aliphatic carbocycles. The molecule has 17 heavy (non-hydrogen) atoms. The van der Waals surface area contributed by atoms with Crippen molar-refractivity contribution < 1.29 is 4.79 Å². The second-order valence-electron chi connectivity index (χ2n) is 7.72. The van der Waals surface area contributed by atoms with Crippen molar-refractivity contribution in [2.24, 2.45) is 10.8 Å². The van der Waals surface area contributed by atoms with Gasteiger partial charge < -0.3 is 0 Å². The summed E-state index contributed by atoms with van der Waals surface area (Å²) in [5, 5.41) is 0. The van der Waals surface area contributed by atoms with Crippen LogP contribution in [0.3, 0.4) is 0 Å². The lowest BCUT2D eigenvalue weighted by atomic mass is 9.74. The number of rotatable bonds is 1. The first kappa shape index (κ1) is 11.7. The highest BCUT2D eigenvalue weighted by Crippen LogP contribution is 2.77.